The van der Waals surface area contributed by atoms with E-state index in [0.29, 0.717) is 19.6 Å². The Morgan fingerprint density at radius 3 is 2.58 bits per heavy atom. The van der Waals surface area contributed by atoms with Gasteiger partial charge in [-0.1, -0.05) is 13.3 Å². The van der Waals surface area contributed by atoms with Crippen LogP contribution < -0.4 is 5.73 Å². The van der Waals surface area contributed by atoms with E-state index in [4.69, 9.17) is 10.5 Å². The second-order valence-corrected chi connectivity index (χ2v) is 3.42. The highest BCUT2D eigenvalue weighted by Gasteiger charge is 2.16. The third kappa shape index (κ3) is 6.58. The second-order valence-electron chi connectivity index (χ2n) is 3.42. The number of ether oxygens (including phenoxy) is 1. The zero-order valence-electron chi connectivity index (χ0n) is 8.18. The van der Waals surface area contributed by atoms with Gasteiger partial charge in [-0.05, 0) is 13.3 Å². The summed E-state index contributed by atoms with van der Waals surface area (Å²) in [6.07, 6.45) is 2.85. The van der Waals surface area contributed by atoms with E-state index in [9.17, 15) is 5.11 Å². The van der Waals surface area contributed by atoms with Crippen molar-refractivity contribution >= 4 is 0 Å². The first-order chi connectivity index (χ1) is 5.62. The number of hydrogen-bond acceptors (Lipinski definition) is 3. The minimum atomic E-state index is -0.758. The highest BCUT2D eigenvalue weighted by Crippen LogP contribution is 2.06. The molecule has 3 heteroatoms. The molecule has 0 amide bonds. The molecule has 0 aliphatic heterocycles. The van der Waals surface area contributed by atoms with Crippen molar-refractivity contribution in [2.24, 2.45) is 5.73 Å². The smallest absolute Gasteiger partial charge is 0.0763 e. The molecule has 0 aliphatic carbocycles. The zero-order chi connectivity index (χ0) is 9.45. The summed E-state index contributed by atoms with van der Waals surface area (Å²) in [7, 11) is 0. The standard InChI is InChI=1S/C9H21NO2/c1-3-4-6-12-7-5-9(2,11)8-10/h11H,3-8,10H2,1-2H3. The average Bonchev–Trinajstić information content (AvgIpc) is 2.04. The zero-order valence-corrected chi connectivity index (χ0v) is 8.18. The molecule has 0 saturated heterocycles. The third-order valence-electron chi connectivity index (χ3n) is 1.87. The fraction of sp³-hybridized carbons (Fsp3) is 1.00. The quantitative estimate of drug-likeness (QED) is 0.565. The molecule has 0 aromatic heterocycles. The van der Waals surface area contributed by atoms with Crippen LogP contribution in [0.4, 0.5) is 0 Å². The van der Waals surface area contributed by atoms with E-state index in [1.165, 1.54) is 0 Å². The molecule has 0 radical (unpaired) electrons. The molecule has 0 spiro atoms. The van der Waals surface area contributed by atoms with E-state index in [1.807, 2.05) is 0 Å². The molecular formula is C9H21NO2. The van der Waals surface area contributed by atoms with Crippen LogP contribution in [-0.4, -0.2) is 30.5 Å². The van der Waals surface area contributed by atoms with Crippen LogP contribution in [0.3, 0.4) is 0 Å². The molecule has 1 unspecified atom stereocenters. The average molecular weight is 175 g/mol. The van der Waals surface area contributed by atoms with Crippen molar-refractivity contribution in [2.45, 2.75) is 38.7 Å². The van der Waals surface area contributed by atoms with Crippen molar-refractivity contribution in [3.8, 4) is 0 Å². The van der Waals surface area contributed by atoms with Gasteiger partial charge in [0, 0.05) is 26.2 Å². The van der Waals surface area contributed by atoms with E-state index in [-0.39, 0.29) is 0 Å². The maximum atomic E-state index is 9.47. The summed E-state index contributed by atoms with van der Waals surface area (Å²) in [6.45, 7) is 5.54. The Labute approximate surface area is 74.9 Å². The Morgan fingerprint density at radius 1 is 1.42 bits per heavy atom. The maximum absolute atomic E-state index is 9.47. The Balaban J connectivity index is 3.19. The first kappa shape index (κ1) is 11.9. The number of unbranched alkanes of at least 4 members (excludes halogenated alkanes) is 1. The highest BCUT2D eigenvalue weighted by atomic mass is 16.5. The first-order valence-corrected chi connectivity index (χ1v) is 4.62. The van der Waals surface area contributed by atoms with E-state index >= 15 is 0 Å². The maximum Gasteiger partial charge on any atom is 0.0763 e. The predicted molar refractivity (Wildman–Crippen MR) is 50.0 cm³/mol. The SMILES string of the molecule is CCCCOCCC(C)(O)CN. The Bertz CT molecular complexity index is 105. The molecule has 3 N–H and O–H groups in total. The van der Waals surface area contributed by atoms with Crippen molar-refractivity contribution in [3.05, 3.63) is 0 Å². The lowest BCUT2D eigenvalue weighted by Crippen LogP contribution is -2.35. The van der Waals surface area contributed by atoms with Crippen LogP contribution in [0.1, 0.15) is 33.1 Å². The summed E-state index contributed by atoms with van der Waals surface area (Å²) in [4.78, 5) is 0. The summed E-state index contributed by atoms with van der Waals surface area (Å²) in [6, 6.07) is 0. The van der Waals surface area contributed by atoms with Crippen LogP contribution in [0, 0.1) is 0 Å². The largest absolute Gasteiger partial charge is 0.389 e. The molecule has 0 heterocycles. The van der Waals surface area contributed by atoms with Gasteiger partial charge in [0.15, 0.2) is 0 Å². The van der Waals surface area contributed by atoms with Gasteiger partial charge in [-0.2, -0.15) is 0 Å². The minimum absolute atomic E-state index is 0.296. The molecule has 0 rings (SSSR count). The van der Waals surface area contributed by atoms with Crippen LogP contribution in [0.25, 0.3) is 0 Å². The van der Waals surface area contributed by atoms with Gasteiger partial charge in [-0.25, -0.2) is 0 Å². The fourth-order valence-electron chi connectivity index (χ4n) is 0.743. The Morgan fingerprint density at radius 2 is 2.08 bits per heavy atom. The monoisotopic (exact) mass is 175 g/mol. The summed E-state index contributed by atoms with van der Waals surface area (Å²) >= 11 is 0. The molecule has 0 fully saturated rings. The fourth-order valence-corrected chi connectivity index (χ4v) is 0.743. The molecular weight excluding hydrogens is 154 g/mol. The number of aliphatic hydroxyl groups is 1. The van der Waals surface area contributed by atoms with E-state index in [2.05, 4.69) is 6.92 Å². The van der Waals surface area contributed by atoms with E-state index in [1.54, 1.807) is 6.92 Å². The van der Waals surface area contributed by atoms with Gasteiger partial charge < -0.3 is 15.6 Å². The van der Waals surface area contributed by atoms with Crippen LogP contribution in [0.15, 0.2) is 0 Å². The summed E-state index contributed by atoms with van der Waals surface area (Å²) in [5, 5.41) is 9.47. The van der Waals surface area contributed by atoms with Gasteiger partial charge in [0.25, 0.3) is 0 Å². The minimum Gasteiger partial charge on any atom is -0.389 e. The van der Waals surface area contributed by atoms with Gasteiger partial charge in [0.05, 0.1) is 5.60 Å². The Kier molecular flexibility index (Phi) is 6.34. The molecule has 74 valence electrons. The van der Waals surface area contributed by atoms with Crippen LogP contribution in [-0.2, 0) is 4.74 Å². The summed E-state index contributed by atoms with van der Waals surface area (Å²) < 4.78 is 5.30. The van der Waals surface area contributed by atoms with Crippen LogP contribution in [0.5, 0.6) is 0 Å². The van der Waals surface area contributed by atoms with Gasteiger partial charge in [-0.15, -0.1) is 0 Å². The van der Waals surface area contributed by atoms with Gasteiger partial charge in [-0.3, -0.25) is 0 Å². The number of nitrogens with two attached hydrogens (primary N) is 1. The van der Waals surface area contributed by atoms with Gasteiger partial charge in [0.1, 0.15) is 0 Å². The van der Waals surface area contributed by atoms with Crippen molar-refractivity contribution in [1.29, 1.82) is 0 Å². The van der Waals surface area contributed by atoms with Gasteiger partial charge >= 0.3 is 0 Å². The lowest BCUT2D eigenvalue weighted by molar-refractivity contribution is 0.0204. The van der Waals surface area contributed by atoms with Gasteiger partial charge in [0.2, 0.25) is 0 Å². The van der Waals surface area contributed by atoms with Crippen molar-refractivity contribution in [2.75, 3.05) is 19.8 Å². The molecule has 0 aliphatic rings. The van der Waals surface area contributed by atoms with Crippen molar-refractivity contribution < 1.29 is 9.84 Å². The number of hydrogen-bond donors (Lipinski definition) is 2. The van der Waals surface area contributed by atoms with Crippen molar-refractivity contribution in [1.82, 2.24) is 0 Å². The number of rotatable bonds is 7. The molecule has 0 aromatic carbocycles. The molecule has 0 saturated carbocycles. The lowest BCUT2D eigenvalue weighted by Gasteiger charge is -2.20. The highest BCUT2D eigenvalue weighted by molar-refractivity contribution is 4.72. The molecule has 1 atom stereocenters. The van der Waals surface area contributed by atoms with Crippen LogP contribution >= 0.6 is 0 Å². The first-order valence-electron chi connectivity index (χ1n) is 4.62. The third-order valence-corrected chi connectivity index (χ3v) is 1.87. The predicted octanol–water partition coefficient (Wildman–Crippen LogP) is 0.903. The van der Waals surface area contributed by atoms with Crippen LogP contribution in [0.2, 0.25) is 0 Å². The topological polar surface area (TPSA) is 55.5 Å². The molecule has 3 nitrogen and oxygen atoms in total. The van der Waals surface area contributed by atoms with Crippen molar-refractivity contribution in [3.63, 3.8) is 0 Å². The second kappa shape index (κ2) is 6.40. The summed E-state index contributed by atoms with van der Waals surface area (Å²) in [5.41, 5.74) is 4.58. The molecule has 0 bridgehead atoms. The van der Waals surface area contributed by atoms with E-state index in [0.717, 1.165) is 19.4 Å². The molecule has 0 aromatic rings. The lowest BCUT2D eigenvalue weighted by atomic mass is 10.0. The Hall–Kier alpha value is -0.120. The molecule has 12 heavy (non-hydrogen) atoms. The van der Waals surface area contributed by atoms with E-state index < -0.39 is 5.60 Å². The normalized spacial score (nSPS) is 16.0. The summed E-state index contributed by atoms with van der Waals surface area (Å²) in [5.74, 6) is 0.